The van der Waals surface area contributed by atoms with Gasteiger partial charge in [-0.15, -0.1) is 0 Å². The molecule has 0 spiro atoms. The molecule has 0 saturated heterocycles. The Kier molecular flexibility index (Phi) is 4.65. The van der Waals surface area contributed by atoms with Crippen LogP contribution < -0.4 is 4.74 Å². The molecule has 0 aliphatic heterocycles. The van der Waals surface area contributed by atoms with Gasteiger partial charge in [-0.3, -0.25) is 0 Å². The molecule has 0 amide bonds. The third-order valence-corrected chi connectivity index (χ3v) is 3.96. The molecule has 16 heavy (non-hydrogen) atoms. The van der Waals surface area contributed by atoms with E-state index in [0.717, 1.165) is 15.6 Å². The van der Waals surface area contributed by atoms with Crippen molar-refractivity contribution in [1.82, 2.24) is 4.98 Å². The molecule has 1 aliphatic rings. The van der Waals surface area contributed by atoms with Gasteiger partial charge < -0.3 is 4.74 Å². The van der Waals surface area contributed by atoms with Crippen molar-refractivity contribution in [2.75, 3.05) is 6.61 Å². The molecule has 88 valence electrons. The summed E-state index contributed by atoms with van der Waals surface area (Å²) in [6, 6.07) is 1.96. The van der Waals surface area contributed by atoms with E-state index in [0.29, 0.717) is 11.8 Å². The second kappa shape index (κ2) is 6.01. The minimum absolute atomic E-state index is 0.703. The van der Waals surface area contributed by atoms with Crippen LogP contribution in [0.2, 0.25) is 0 Å². The topological polar surface area (TPSA) is 22.1 Å². The second-order valence-electron chi connectivity index (χ2n) is 4.26. The number of aromatic nitrogens is 1. The van der Waals surface area contributed by atoms with Crippen LogP contribution in [0.5, 0.6) is 5.88 Å². The van der Waals surface area contributed by atoms with E-state index in [-0.39, 0.29) is 0 Å². The van der Waals surface area contributed by atoms with Crippen molar-refractivity contribution >= 4 is 31.9 Å². The number of rotatable bonds is 3. The molecule has 0 atom stereocenters. The first kappa shape index (κ1) is 12.4. The average Bonchev–Trinajstić information content (AvgIpc) is 2.29. The van der Waals surface area contributed by atoms with Gasteiger partial charge in [0.15, 0.2) is 0 Å². The number of nitrogens with zero attached hydrogens (tertiary/aromatic N) is 1. The molecule has 2 rings (SSSR count). The lowest BCUT2D eigenvalue weighted by molar-refractivity contribution is 0.202. The molecule has 0 radical (unpaired) electrons. The van der Waals surface area contributed by atoms with E-state index in [4.69, 9.17) is 4.74 Å². The highest BCUT2D eigenvalue weighted by Gasteiger charge is 2.15. The Morgan fingerprint density at radius 3 is 2.69 bits per heavy atom. The summed E-state index contributed by atoms with van der Waals surface area (Å²) in [6.07, 6.45) is 8.45. The molecule has 4 heteroatoms. The van der Waals surface area contributed by atoms with Crippen LogP contribution in [-0.2, 0) is 0 Å². The normalized spacial score (nSPS) is 17.4. The minimum atomic E-state index is 0.703. The van der Waals surface area contributed by atoms with Crippen LogP contribution in [0.15, 0.2) is 21.2 Å². The summed E-state index contributed by atoms with van der Waals surface area (Å²) < 4.78 is 7.63. The zero-order valence-corrected chi connectivity index (χ0v) is 12.3. The van der Waals surface area contributed by atoms with Crippen LogP contribution in [0, 0.1) is 5.92 Å². The van der Waals surface area contributed by atoms with Gasteiger partial charge in [-0.2, -0.15) is 0 Å². The van der Waals surface area contributed by atoms with Crippen molar-refractivity contribution in [2.45, 2.75) is 32.1 Å². The first-order valence-corrected chi connectivity index (χ1v) is 7.28. The largest absolute Gasteiger partial charge is 0.477 e. The zero-order chi connectivity index (χ0) is 11.4. The monoisotopic (exact) mass is 347 g/mol. The van der Waals surface area contributed by atoms with Gasteiger partial charge in [0.2, 0.25) is 5.88 Å². The lowest BCUT2D eigenvalue weighted by atomic mass is 9.90. The Bertz CT molecular complexity index is 351. The van der Waals surface area contributed by atoms with Crippen LogP contribution >= 0.6 is 31.9 Å². The SMILES string of the molecule is Brc1cnc(OCC2CCCCC2)c(Br)c1. The molecule has 1 saturated carbocycles. The zero-order valence-electron chi connectivity index (χ0n) is 9.09. The molecule has 1 aromatic rings. The maximum atomic E-state index is 5.75. The Balaban J connectivity index is 1.88. The molecular formula is C12H15Br2NO. The van der Waals surface area contributed by atoms with Gasteiger partial charge in [-0.25, -0.2) is 4.98 Å². The number of hydrogen-bond donors (Lipinski definition) is 0. The van der Waals surface area contributed by atoms with Gasteiger partial charge in [-0.1, -0.05) is 19.3 Å². The molecule has 1 aliphatic carbocycles. The van der Waals surface area contributed by atoms with Crippen molar-refractivity contribution in [3.05, 3.63) is 21.2 Å². The van der Waals surface area contributed by atoms with Crippen molar-refractivity contribution in [3.63, 3.8) is 0 Å². The summed E-state index contributed by atoms with van der Waals surface area (Å²) >= 11 is 6.83. The molecule has 2 nitrogen and oxygen atoms in total. The number of ether oxygens (including phenoxy) is 1. The van der Waals surface area contributed by atoms with Crippen molar-refractivity contribution in [2.24, 2.45) is 5.92 Å². The Morgan fingerprint density at radius 2 is 2.00 bits per heavy atom. The molecular weight excluding hydrogens is 334 g/mol. The average molecular weight is 349 g/mol. The van der Waals surface area contributed by atoms with E-state index in [2.05, 4.69) is 36.8 Å². The van der Waals surface area contributed by atoms with Gasteiger partial charge in [0.25, 0.3) is 0 Å². The van der Waals surface area contributed by atoms with Crippen molar-refractivity contribution < 1.29 is 4.74 Å². The van der Waals surface area contributed by atoms with Crippen LogP contribution in [0.4, 0.5) is 0 Å². The molecule has 1 fully saturated rings. The van der Waals surface area contributed by atoms with E-state index in [1.54, 1.807) is 6.20 Å². The van der Waals surface area contributed by atoms with Gasteiger partial charge in [0.1, 0.15) is 0 Å². The fourth-order valence-corrected chi connectivity index (χ4v) is 3.16. The van der Waals surface area contributed by atoms with Gasteiger partial charge in [0, 0.05) is 10.7 Å². The third kappa shape index (κ3) is 3.45. The van der Waals surface area contributed by atoms with Gasteiger partial charge in [0.05, 0.1) is 11.1 Å². The van der Waals surface area contributed by atoms with Crippen LogP contribution in [0.3, 0.4) is 0 Å². The molecule has 1 aromatic heterocycles. The standard InChI is InChI=1S/C12H15Br2NO/c13-10-6-11(14)12(15-7-10)16-8-9-4-2-1-3-5-9/h6-7,9H,1-5,8H2. The highest BCUT2D eigenvalue weighted by molar-refractivity contribution is 9.11. The third-order valence-electron chi connectivity index (χ3n) is 2.95. The smallest absolute Gasteiger partial charge is 0.228 e. The van der Waals surface area contributed by atoms with E-state index in [1.165, 1.54) is 32.1 Å². The minimum Gasteiger partial charge on any atom is -0.477 e. The summed E-state index contributed by atoms with van der Waals surface area (Å²) in [4.78, 5) is 4.25. The van der Waals surface area contributed by atoms with Crippen LogP contribution in [0.1, 0.15) is 32.1 Å². The Labute approximate surface area is 113 Å². The second-order valence-corrected chi connectivity index (χ2v) is 6.03. The van der Waals surface area contributed by atoms with Gasteiger partial charge in [-0.05, 0) is 56.7 Å². The summed E-state index contributed by atoms with van der Waals surface area (Å²) in [5.41, 5.74) is 0. The molecule has 0 bridgehead atoms. The highest BCUT2D eigenvalue weighted by atomic mass is 79.9. The number of hydrogen-bond acceptors (Lipinski definition) is 2. The van der Waals surface area contributed by atoms with E-state index in [1.807, 2.05) is 6.07 Å². The first-order valence-electron chi connectivity index (χ1n) is 5.69. The Morgan fingerprint density at radius 1 is 1.25 bits per heavy atom. The van der Waals surface area contributed by atoms with E-state index < -0.39 is 0 Å². The lowest BCUT2D eigenvalue weighted by Crippen LogP contribution is -2.15. The van der Waals surface area contributed by atoms with Crippen LogP contribution in [0.25, 0.3) is 0 Å². The molecule has 0 unspecified atom stereocenters. The van der Waals surface area contributed by atoms with E-state index in [9.17, 15) is 0 Å². The van der Waals surface area contributed by atoms with E-state index >= 15 is 0 Å². The summed E-state index contributed by atoms with van der Waals surface area (Å²) in [7, 11) is 0. The quantitative estimate of drug-likeness (QED) is 0.798. The van der Waals surface area contributed by atoms with Crippen LogP contribution in [-0.4, -0.2) is 11.6 Å². The number of pyridine rings is 1. The fraction of sp³-hybridized carbons (Fsp3) is 0.583. The Hall–Kier alpha value is -0.0900. The summed E-state index contributed by atoms with van der Waals surface area (Å²) in [5, 5.41) is 0. The number of halogens is 2. The fourth-order valence-electron chi connectivity index (χ4n) is 2.06. The van der Waals surface area contributed by atoms with Gasteiger partial charge >= 0.3 is 0 Å². The highest BCUT2D eigenvalue weighted by Crippen LogP contribution is 2.28. The molecule has 0 aromatic carbocycles. The predicted molar refractivity (Wildman–Crippen MR) is 71.7 cm³/mol. The van der Waals surface area contributed by atoms with Crippen molar-refractivity contribution in [3.8, 4) is 5.88 Å². The maximum Gasteiger partial charge on any atom is 0.228 e. The lowest BCUT2D eigenvalue weighted by Gasteiger charge is -2.21. The first-order chi connectivity index (χ1) is 7.75. The van der Waals surface area contributed by atoms with Crippen molar-refractivity contribution in [1.29, 1.82) is 0 Å². The maximum absolute atomic E-state index is 5.75. The summed E-state index contributed by atoms with van der Waals surface area (Å²) in [5.74, 6) is 1.42. The summed E-state index contributed by atoms with van der Waals surface area (Å²) in [6.45, 7) is 0.799. The molecule has 1 heterocycles. The predicted octanol–water partition coefficient (Wildman–Crippen LogP) is 4.57. The molecule has 0 N–H and O–H groups in total.